The lowest BCUT2D eigenvalue weighted by molar-refractivity contribution is -0.110. The number of hydrogen-bond acceptors (Lipinski definition) is 3. The normalized spacial score (nSPS) is 14.2. The fourth-order valence-corrected chi connectivity index (χ4v) is 2.95. The van der Waals surface area contributed by atoms with Gasteiger partial charge in [0, 0.05) is 5.56 Å². The molecule has 1 aliphatic rings. The van der Waals surface area contributed by atoms with E-state index in [1.165, 1.54) is 0 Å². The number of rotatable bonds is 3. The average Bonchev–Trinajstić information content (AvgIpc) is 2.96. The molecule has 1 aliphatic heterocycles. The van der Waals surface area contributed by atoms with Gasteiger partial charge in [-0.15, -0.1) is 0 Å². The van der Waals surface area contributed by atoms with Gasteiger partial charge in [-0.1, -0.05) is 36.4 Å². The van der Waals surface area contributed by atoms with Crippen molar-refractivity contribution >= 4 is 23.0 Å². The van der Waals surface area contributed by atoms with Gasteiger partial charge in [0.05, 0.1) is 11.4 Å². The zero-order chi connectivity index (χ0) is 18.1. The smallest absolute Gasteiger partial charge is 0.275 e. The van der Waals surface area contributed by atoms with Crippen LogP contribution in [0.4, 0.5) is 11.4 Å². The number of anilines is 1. The van der Waals surface area contributed by atoms with E-state index in [0.717, 1.165) is 33.9 Å². The molecule has 0 radical (unpaired) electrons. The Kier molecular flexibility index (Phi) is 4.01. The monoisotopic (exact) mass is 342 g/mol. The van der Waals surface area contributed by atoms with E-state index < -0.39 is 0 Å². The molecule has 1 heterocycles. The van der Waals surface area contributed by atoms with Gasteiger partial charge in [0.15, 0.2) is 0 Å². The van der Waals surface area contributed by atoms with Crippen LogP contribution in [0.5, 0.6) is 11.5 Å². The van der Waals surface area contributed by atoms with Gasteiger partial charge in [0.2, 0.25) is 0 Å². The predicted molar refractivity (Wildman–Crippen MR) is 104 cm³/mol. The molecule has 4 nitrogen and oxygen atoms in total. The van der Waals surface area contributed by atoms with Crippen LogP contribution in [0.2, 0.25) is 0 Å². The Labute approximate surface area is 152 Å². The molecule has 0 atom stereocenters. The molecule has 128 valence electrons. The van der Waals surface area contributed by atoms with Gasteiger partial charge in [0.25, 0.3) is 5.91 Å². The summed E-state index contributed by atoms with van der Waals surface area (Å²) in [5.41, 5.74) is 4.94. The minimum atomic E-state index is -0.172. The van der Waals surface area contributed by atoms with Gasteiger partial charge in [-0.25, -0.2) is 4.99 Å². The first-order valence-electron chi connectivity index (χ1n) is 8.45. The lowest BCUT2D eigenvalue weighted by Gasteiger charge is -2.08. The number of carbonyl (C=O) groups excluding carboxylic acids is 1. The summed E-state index contributed by atoms with van der Waals surface area (Å²) in [7, 11) is 0. The second kappa shape index (κ2) is 6.48. The molecule has 0 aromatic heterocycles. The standard InChI is InChI=1S/C22H18N2O2/c1-14-6-3-4-9-19(14)26-17-12-10-16(11-13-17)23-21-18-8-5-7-15(2)20(18)24-22(21)25/h3-13H,1-2H3,(H,23,24,25). The summed E-state index contributed by atoms with van der Waals surface area (Å²) < 4.78 is 5.90. The van der Waals surface area contributed by atoms with Gasteiger partial charge >= 0.3 is 0 Å². The molecule has 0 aliphatic carbocycles. The summed E-state index contributed by atoms with van der Waals surface area (Å²) in [5.74, 6) is 1.39. The average molecular weight is 342 g/mol. The molecule has 0 saturated carbocycles. The van der Waals surface area contributed by atoms with Crippen LogP contribution in [0.3, 0.4) is 0 Å². The second-order valence-electron chi connectivity index (χ2n) is 6.27. The van der Waals surface area contributed by atoms with E-state index in [1.807, 2.05) is 80.6 Å². The van der Waals surface area contributed by atoms with Crippen molar-refractivity contribution in [2.24, 2.45) is 4.99 Å². The highest BCUT2D eigenvalue weighted by Gasteiger charge is 2.26. The summed E-state index contributed by atoms with van der Waals surface area (Å²) in [6.07, 6.45) is 0. The Morgan fingerprint density at radius 3 is 2.35 bits per heavy atom. The zero-order valence-electron chi connectivity index (χ0n) is 14.6. The summed E-state index contributed by atoms with van der Waals surface area (Å²) in [6, 6.07) is 21.1. The van der Waals surface area contributed by atoms with Crippen LogP contribution in [0, 0.1) is 13.8 Å². The van der Waals surface area contributed by atoms with Crippen LogP contribution in [0.1, 0.15) is 16.7 Å². The van der Waals surface area contributed by atoms with Crippen molar-refractivity contribution < 1.29 is 9.53 Å². The molecule has 1 amide bonds. The van der Waals surface area contributed by atoms with Crippen LogP contribution in [0.25, 0.3) is 0 Å². The highest BCUT2D eigenvalue weighted by atomic mass is 16.5. The second-order valence-corrected chi connectivity index (χ2v) is 6.27. The molecule has 0 fully saturated rings. The van der Waals surface area contributed by atoms with Crippen LogP contribution in [-0.2, 0) is 4.79 Å². The van der Waals surface area contributed by atoms with Crippen LogP contribution in [-0.4, -0.2) is 11.6 Å². The topological polar surface area (TPSA) is 50.7 Å². The van der Waals surface area contributed by atoms with Crippen molar-refractivity contribution in [1.82, 2.24) is 0 Å². The minimum absolute atomic E-state index is 0.172. The van der Waals surface area contributed by atoms with Crippen LogP contribution in [0.15, 0.2) is 71.7 Å². The van der Waals surface area contributed by atoms with Gasteiger partial charge in [-0.3, -0.25) is 4.79 Å². The van der Waals surface area contributed by atoms with E-state index in [4.69, 9.17) is 4.74 Å². The number of hydrogen-bond donors (Lipinski definition) is 1. The number of nitrogens with zero attached hydrogens (tertiary/aromatic N) is 1. The first-order chi connectivity index (χ1) is 12.6. The highest BCUT2D eigenvalue weighted by molar-refractivity contribution is 6.54. The molecule has 3 aromatic rings. The van der Waals surface area contributed by atoms with Crippen molar-refractivity contribution in [3.05, 3.63) is 83.4 Å². The number of carbonyl (C=O) groups is 1. The Morgan fingerprint density at radius 2 is 1.58 bits per heavy atom. The van der Waals surface area contributed by atoms with E-state index >= 15 is 0 Å². The lowest BCUT2D eigenvalue weighted by atomic mass is 10.1. The maximum absolute atomic E-state index is 12.3. The summed E-state index contributed by atoms with van der Waals surface area (Å²) in [5, 5.41) is 2.89. The maximum atomic E-state index is 12.3. The summed E-state index contributed by atoms with van der Waals surface area (Å²) in [4.78, 5) is 16.8. The third-order valence-electron chi connectivity index (χ3n) is 4.38. The molecular weight excluding hydrogens is 324 g/mol. The van der Waals surface area contributed by atoms with Crippen molar-refractivity contribution in [3.8, 4) is 11.5 Å². The van der Waals surface area contributed by atoms with Crippen molar-refractivity contribution in [2.45, 2.75) is 13.8 Å². The van der Waals surface area contributed by atoms with E-state index in [2.05, 4.69) is 10.3 Å². The number of nitrogens with one attached hydrogen (secondary N) is 1. The molecule has 0 unspecified atom stereocenters. The number of amides is 1. The van der Waals surface area contributed by atoms with Gasteiger partial charge < -0.3 is 10.1 Å². The Hall–Kier alpha value is -3.40. The molecule has 4 rings (SSSR count). The van der Waals surface area contributed by atoms with Gasteiger partial charge in [-0.05, 0) is 55.3 Å². The number of ether oxygens (including phenoxy) is 1. The summed E-state index contributed by atoms with van der Waals surface area (Å²) >= 11 is 0. The predicted octanol–water partition coefficient (Wildman–Crippen LogP) is 5.17. The summed E-state index contributed by atoms with van der Waals surface area (Å²) in [6.45, 7) is 3.98. The van der Waals surface area contributed by atoms with E-state index in [-0.39, 0.29) is 5.91 Å². The van der Waals surface area contributed by atoms with Crippen molar-refractivity contribution in [2.75, 3.05) is 5.32 Å². The van der Waals surface area contributed by atoms with E-state index in [0.29, 0.717) is 11.4 Å². The quantitative estimate of drug-likeness (QED) is 0.714. The van der Waals surface area contributed by atoms with Crippen molar-refractivity contribution in [1.29, 1.82) is 0 Å². The largest absolute Gasteiger partial charge is 0.457 e. The molecule has 0 saturated heterocycles. The molecule has 4 heteroatoms. The first kappa shape index (κ1) is 16.1. The Morgan fingerprint density at radius 1 is 0.846 bits per heavy atom. The first-order valence-corrected chi connectivity index (χ1v) is 8.45. The Bertz CT molecular complexity index is 1020. The number of aryl methyl sites for hydroxylation is 2. The molecule has 0 bridgehead atoms. The molecule has 26 heavy (non-hydrogen) atoms. The highest BCUT2D eigenvalue weighted by Crippen LogP contribution is 2.30. The number of fused-ring (bicyclic) bond motifs is 1. The molecular formula is C22H18N2O2. The van der Waals surface area contributed by atoms with Gasteiger partial charge in [-0.2, -0.15) is 0 Å². The molecule has 0 spiro atoms. The SMILES string of the molecule is Cc1ccccc1Oc1ccc(N=C2C(=O)Nc3c(C)cccc32)cc1. The Balaban J connectivity index is 1.61. The molecule has 1 N–H and O–H groups in total. The van der Waals surface area contributed by atoms with Crippen LogP contribution < -0.4 is 10.1 Å². The van der Waals surface area contributed by atoms with Gasteiger partial charge in [0.1, 0.15) is 17.2 Å². The number of para-hydroxylation sites is 2. The molecule has 3 aromatic carbocycles. The number of benzene rings is 3. The van der Waals surface area contributed by atoms with E-state index in [9.17, 15) is 4.79 Å². The minimum Gasteiger partial charge on any atom is -0.457 e. The third-order valence-corrected chi connectivity index (χ3v) is 4.38. The maximum Gasteiger partial charge on any atom is 0.275 e. The zero-order valence-corrected chi connectivity index (χ0v) is 14.6. The number of aliphatic imine (C=N–C) groups is 1. The fourth-order valence-electron chi connectivity index (χ4n) is 2.95. The van der Waals surface area contributed by atoms with E-state index in [1.54, 1.807) is 0 Å². The lowest BCUT2D eigenvalue weighted by Crippen LogP contribution is -2.13. The third kappa shape index (κ3) is 2.97. The fraction of sp³-hybridized carbons (Fsp3) is 0.0909. The van der Waals surface area contributed by atoms with Crippen LogP contribution >= 0.6 is 0 Å². The van der Waals surface area contributed by atoms with Crippen molar-refractivity contribution in [3.63, 3.8) is 0 Å².